The predicted molar refractivity (Wildman–Crippen MR) is 76.7 cm³/mol. The molecule has 2 heteroatoms. The van der Waals surface area contributed by atoms with Crippen LogP contribution in [0.15, 0.2) is 30.3 Å². The van der Waals surface area contributed by atoms with Crippen LogP contribution < -0.4 is 5.73 Å². The summed E-state index contributed by atoms with van der Waals surface area (Å²) in [7, 11) is 0. The minimum Gasteiger partial charge on any atom is -0.321 e. The number of carbonyl (C=O) groups excluding carboxylic acids is 1. The molecule has 2 aliphatic rings. The number of rotatable bonds is 5. The Morgan fingerprint density at radius 2 is 2.00 bits per heavy atom. The molecule has 2 aliphatic carbocycles. The molecule has 102 valence electrons. The normalized spacial score (nSPS) is 30.5. The second-order valence-corrected chi connectivity index (χ2v) is 6.40. The van der Waals surface area contributed by atoms with E-state index in [1.165, 1.54) is 25.7 Å². The van der Waals surface area contributed by atoms with Gasteiger partial charge in [0.1, 0.15) is 5.78 Å². The Hall–Kier alpha value is -1.15. The first-order chi connectivity index (χ1) is 9.22. The Morgan fingerprint density at radius 1 is 1.21 bits per heavy atom. The van der Waals surface area contributed by atoms with E-state index in [2.05, 4.69) is 0 Å². The maximum atomic E-state index is 12.3. The van der Waals surface area contributed by atoms with Crippen molar-refractivity contribution in [3.8, 4) is 0 Å². The lowest BCUT2D eigenvalue weighted by molar-refractivity contribution is -0.121. The van der Waals surface area contributed by atoms with Gasteiger partial charge in [-0.1, -0.05) is 36.8 Å². The van der Waals surface area contributed by atoms with Crippen molar-refractivity contribution < 1.29 is 4.79 Å². The van der Waals surface area contributed by atoms with Crippen LogP contribution in [0.25, 0.3) is 0 Å². The molecule has 2 bridgehead atoms. The largest absolute Gasteiger partial charge is 0.321 e. The Kier molecular flexibility index (Phi) is 3.69. The zero-order chi connectivity index (χ0) is 13.2. The third-order valence-corrected chi connectivity index (χ3v) is 5.06. The van der Waals surface area contributed by atoms with Crippen LogP contribution in [0.4, 0.5) is 0 Å². The first-order valence-electron chi connectivity index (χ1n) is 7.54. The van der Waals surface area contributed by atoms with Crippen LogP contribution in [0.1, 0.15) is 37.7 Å². The maximum absolute atomic E-state index is 12.3. The molecule has 2 saturated carbocycles. The number of hydrogen-bond donors (Lipinski definition) is 1. The van der Waals surface area contributed by atoms with Crippen molar-refractivity contribution in [3.63, 3.8) is 0 Å². The van der Waals surface area contributed by atoms with E-state index >= 15 is 0 Å². The quantitative estimate of drug-likeness (QED) is 0.881. The summed E-state index contributed by atoms with van der Waals surface area (Å²) in [6.45, 7) is 0. The fourth-order valence-electron chi connectivity index (χ4n) is 4.02. The third-order valence-electron chi connectivity index (χ3n) is 5.06. The lowest BCUT2D eigenvalue weighted by Gasteiger charge is -2.22. The van der Waals surface area contributed by atoms with Crippen LogP contribution >= 0.6 is 0 Å². The molecule has 4 atom stereocenters. The molecule has 0 aliphatic heterocycles. The predicted octanol–water partition coefficient (Wildman–Crippen LogP) is 2.95. The number of ketones is 1. The van der Waals surface area contributed by atoms with Crippen molar-refractivity contribution in [1.82, 2.24) is 0 Å². The molecule has 0 amide bonds. The number of Topliss-reactive ketones (excluding diaryl/α,β-unsaturated/α-hetero) is 1. The van der Waals surface area contributed by atoms with Crippen LogP contribution in [-0.2, 0) is 11.2 Å². The zero-order valence-electron chi connectivity index (χ0n) is 11.4. The van der Waals surface area contributed by atoms with Crippen molar-refractivity contribution in [2.45, 2.75) is 44.6 Å². The van der Waals surface area contributed by atoms with Crippen molar-refractivity contribution in [3.05, 3.63) is 35.9 Å². The SMILES string of the molecule is NC(Cc1ccccc1)C(=O)CC1CC2CCC1C2. The molecule has 3 rings (SSSR count). The second-order valence-electron chi connectivity index (χ2n) is 6.40. The first-order valence-corrected chi connectivity index (χ1v) is 7.54. The zero-order valence-corrected chi connectivity index (χ0v) is 11.4. The highest BCUT2D eigenvalue weighted by atomic mass is 16.1. The summed E-state index contributed by atoms with van der Waals surface area (Å²) in [6.07, 6.45) is 6.78. The highest BCUT2D eigenvalue weighted by molar-refractivity contribution is 5.84. The van der Waals surface area contributed by atoms with Crippen LogP contribution in [0.3, 0.4) is 0 Å². The summed E-state index contributed by atoms with van der Waals surface area (Å²) in [6, 6.07) is 9.77. The Balaban J connectivity index is 1.53. The minimum absolute atomic E-state index is 0.265. The fraction of sp³-hybridized carbons (Fsp3) is 0.588. The monoisotopic (exact) mass is 257 g/mol. The molecule has 0 radical (unpaired) electrons. The average Bonchev–Trinajstić information content (AvgIpc) is 3.02. The van der Waals surface area contributed by atoms with Gasteiger partial charge in [-0.3, -0.25) is 4.79 Å². The molecule has 0 heterocycles. The summed E-state index contributed by atoms with van der Waals surface area (Å²) in [4.78, 5) is 12.3. The molecule has 0 spiro atoms. The molecule has 2 N–H and O–H groups in total. The van der Waals surface area contributed by atoms with E-state index in [1.54, 1.807) is 0 Å². The van der Waals surface area contributed by atoms with E-state index in [1.807, 2.05) is 30.3 Å². The van der Waals surface area contributed by atoms with E-state index < -0.39 is 0 Å². The number of carbonyl (C=O) groups is 1. The van der Waals surface area contributed by atoms with Crippen molar-refractivity contribution in [1.29, 1.82) is 0 Å². The van der Waals surface area contributed by atoms with Gasteiger partial charge in [0.05, 0.1) is 6.04 Å². The molecule has 1 aromatic rings. The highest BCUT2D eigenvalue weighted by Gasteiger charge is 2.40. The van der Waals surface area contributed by atoms with Gasteiger partial charge in [-0.2, -0.15) is 0 Å². The van der Waals surface area contributed by atoms with Crippen molar-refractivity contribution >= 4 is 5.78 Å². The maximum Gasteiger partial charge on any atom is 0.150 e. The van der Waals surface area contributed by atoms with Crippen LogP contribution in [0.2, 0.25) is 0 Å². The van der Waals surface area contributed by atoms with E-state index in [0.717, 1.165) is 23.8 Å². The van der Waals surface area contributed by atoms with Gasteiger partial charge in [-0.15, -0.1) is 0 Å². The second kappa shape index (κ2) is 5.46. The number of benzene rings is 1. The van der Waals surface area contributed by atoms with Gasteiger partial charge in [0.2, 0.25) is 0 Å². The van der Waals surface area contributed by atoms with Crippen LogP contribution in [0.5, 0.6) is 0 Å². The molecule has 4 unspecified atom stereocenters. The molecule has 0 saturated heterocycles. The highest BCUT2D eigenvalue weighted by Crippen LogP contribution is 2.49. The van der Waals surface area contributed by atoms with Gasteiger partial charge < -0.3 is 5.73 Å². The van der Waals surface area contributed by atoms with E-state index in [4.69, 9.17) is 5.73 Å². The summed E-state index contributed by atoms with van der Waals surface area (Å²) in [5.74, 6) is 2.63. The number of nitrogens with two attached hydrogens (primary N) is 1. The average molecular weight is 257 g/mol. The summed E-state index contributed by atoms with van der Waals surface area (Å²) < 4.78 is 0. The van der Waals surface area contributed by atoms with Gasteiger partial charge >= 0.3 is 0 Å². The number of hydrogen-bond acceptors (Lipinski definition) is 2. The lowest BCUT2D eigenvalue weighted by atomic mass is 9.83. The standard InChI is InChI=1S/C17H23NO/c18-16(10-12-4-2-1-3-5-12)17(19)11-15-9-13-6-7-14(15)8-13/h1-5,13-16H,6-11,18H2. The van der Waals surface area contributed by atoms with E-state index in [0.29, 0.717) is 12.3 Å². The molecule has 2 nitrogen and oxygen atoms in total. The van der Waals surface area contributed by atoms with Gasteiger partial charge in [-0.25, -0.2) is 0 Å². The van der Waals surface area contributed by atoms with Gasteiger partial charge in [0.25, 0.3) is 0 Å². The van der Waals surface area contributed by atoms with Gasteiger partial charge in [-0.05, 0) is 49.0 Å². The summed E-state index contributed by atoms with van der Waals surface area (Å²) >= 11 is 0. The van der Waals surface area contributed by atoms with E-state index in [-0.39, 0.29) is 11.8 Å². The summed E-state index contributed by atoms with van der Waals surface area (Å²) in [5, 5.41) is 0. The Morgan fingerprint density at radius 3 is 2.63 bits per heavy atom. The van der Waals surface area contributed by atoms with Crippen molar-refractivity contribution in [2.75, 3.05) is 0 Å². The number of fused-ring (bicyclic) bond motifs is 2. The molecule has 0 aromatic heterocycles. The Labute approximate surface area is 115 Å². The molecular weight excluding hydrogens is 234 g/mol. The molecule has 19 heavy (non-hydrogen) atoms. The fourth-order valence-corrected chi connectivity index (χ4v) is 4.02. The van der Waals surface area contributed by atoms with Gasteiger partial charge in [0.15, 0.2) is 0 Å². The topological polar surface area (TPSA) is 43.1 Å². The van der Waals surface area contributed by atoms with Crippen molar-refractivity contribution in [2.24, 2.45) is 23.5 Å². The Bertz CT molecular complexity index is 442. The smallest absolute Gasteiger partial charge is 0.150 e. The van der Waals surface area contributed by atoms with Crippen LogP contribution in [0, 0.1) is 17.8 Å². The van der Waals surface area contributed by atoms with Gasteiger partial charge in [0, 0.05) is 6.42 Å². The third kappa shape index (κ3) is 2.89. The van der Waals surface area contributed by atoms with E-state index in [9.17, 15) is 4.79 Å². The van der Waals surface area contributed by atoms with Crippen LogP contribution in [-0.4, -0.2) is 11.8 Å². The molecule has 2 fully saturated rings. The lowest BCUT2D eigenvalue weighted by Crippen LogP contribution is -2.34. The molecule has 1 aromatic carbocycles. The summed E-state index contributed by atoms with van der Waals surface area (Å²) in [5.41, 5.74) is 7.24. The molecular formula is C17H23NO. The first kappa shape index (κ1) is 12.9. The minimum atomic E-state index is -0.318.